The number of imide groups is 1. The molecule has 0 bridgehead atoms. The molecule has 0 aromatic heterocycles. The Labute approximate surface area is 138 Å². The summed E-state index contributed by atoms with van der Waals surface area (Å²) < 4.78 is 6.84. The average Bonchev–Trinajstić information content (AvgIpc) is 2.54. The van der Waals surface area contributed by atoms with E-state index in [0.29, 0.717) is 19.6 Å². The highest BCUT2D eigenvalue weighted by atomic mass is 79.9. The summed E-state index contributed by atoms with van der Waals surface area (Å²) in [5, 5.41) is 4.62. The van der Waals surface area contributed by atoms with E-state index in [1.165, 1.54) is 7.05 Å². The fourth-order valence-corrected chi connectivity index (χ4v) is 2.56. The number of nitrogens with one attached hydrogen (secondary N) is 2. The molecule has 1 heterocycles. The number of hydrogen-bond donors (Lipinski definition) is 2. The van der Waals surface area contributed by atoms with Crippen LogP contribution < -0.4 is 10.6 Å². The van der Waals surface area contributed by atoms with Crippen molar-refractivity contribution in [3.63, 3.8) is 0 Å². The van der Waals surface area contributed by atoms with Gasteiger partial charge in [0, 0.05) is 37.6 Å². The molecule has 6 nitrogen and oxygen atoms in total. The number of morpholine rings is 1. The fraction of sp³-hybridized carbons (Fsp3) is 0.467. The van der Waals surface area contributed by atoms with E-state index in [4.69, 9.17) is 4.74 Å². The lowest BCUT2D eigenvalue weighted by Gasteiger charge is -2.33. The van der Waals surface area contributed by atoms with E-state index >= 15 is 0 Å². The van der Waals surface area contributed by atoms with Gasteiger partial charge in [-0.2, -0.15) is 0 Å². The zero-order valence-electron chi connectivity index (χ0n) is 12.5. The maximum Gasteiger partial charge on any atom is 0.321 e. The third-order valence-electron chi connectivity index (χ3n) is 3.53. The van der Waals surface area contributed by atoms with Gasteiger partial charge in [0.2, 0.25) is 5.91 Å². The minimum absolute atomic E-state index is 0.0175. The van der Waals surface area contributed by atoms with Crippen LogP contribution in [0.25, 0.3) is 0 Å². The molecule has 7 heteroatoms. The monoisotopic (exact) mass is 369 g/mol. The SMILES string of the molecule is CNC(=O)NC(=O)CCN1CCO[C@H](c2ccc(Br)cc2)C1. The van der Waals surface area contributed by atoms with E-state index in [0.717, 1.165) is 23.1 Å². The van der Waals surface area contributed by atoms with Gasteiger partial charge in [0.25, 0.3) is 0 Å². The summed E-state index contributed by atoms with van der Waals surface area (Å²) in [6.45, 7) is 2.78. The van der Waals surface area contributed by atoms with Crippen LogP contribution in [0.4, 0.5) is 4.79 Å². The molecule has 1 aliphatic rings. The highest BCUT2D eigenvalue weighted by Gasteiger charge is 2.22. The summed E-state index contributed by atoms with van der Waals surface area (Å²) in [6.07, 6.45) is 0.310. The lowest BCUT2D eigenvalue weighted by molar-refractivity contribution is -0.120. The van der Waals surface area contributed by atoms with E-state index in [1.807, 2.05) is 24.3 Å². The van der Waals surface area contributed by atoms with Crippen molar-refractivity contribution in [3.8, 4) is 0 Å². The molecule has 120 valence electrons. The van der Waals surface area contributed by atoms with E-state index in [2.05, 4.69) is 31.5 Å². The maximum atomic E-state index is 11.6. The molecular formula is C15H20BrN3O3. The molecule has 0 aliphatic carbocycles. The fourth-order valence-electron chi connectivity index (χ4n) is 2.30. The van der Waals surface area contributed by atoms with Crippen LogP contribution in [0.15, 0.2) is 28.7 Å². The third-order valence-corrected chi connectivity index (χ3v) is 4.06. The lowest BCUT2D eigenvalue weighted by Crippen LogP contribution is -2.42. The summed E-state index contributed by atoms with van der Waals surface area (Å²) in [6, 6.07) is 7.59. The minimum Gasteiger partial charge on any atom is -0.371 e. The first-order valence-corrected chi connectivity index (χ1v) is 7.99. The quantitative estimate of drug-likeness (QED) is 0.846. The van der Waals surface area contributed by atoms with Gasteiger partial charge in [-0.25, -0.2) is 4.79 Å². The molecule has 1 aromatic rings. The first kappa shape index (κ1) is 16.9. The number of halogens is 1. The summed E-state index contributed by atoms with van der Waals surface area (Å²) in [7, 11) is 1.48. The molecule has 1 fully saturated rings. The van der Waals surface area contributed by atoms with Crippen LogP contribution in [-0.4, -0.2) is 50.1 Å². The summed E-state index contributed by atoms with van der Waals surface area (Å²) in [4.78, 5) is 24.8. The number of carbonyl (C=O) groups is 2. The van der Waals surface area contributed by atoms with E-state index in [9.17, 15) is 9.59 Å². The summed E-state index contributed by atoms with van der Waals surface area (Å²) in [5.74, 6) is -0.272. The largest absolute Gasteiger partial charge is 0.371 e. The number of nitrogens with zero attached hydrogens (tertiary/aromatic N) is 1. The normalized spacial score (nSPS) is 18.7. The number of hydrogen-bond acceptors (Lipinski definition) is 4. The van der Waals surface area contributed by atoms with Gasteiger partial charge in [-0.15, -0.1) is 0 Å². The Kier molecular flexibility index (Phi) is 6.35. The Balaban J connectivity index is 1.82. The average molecular weight is 370 g/mol. The Morgan fingerprint density at radius 1 is 1.36 bits per heavy atom. The summed E-state index contributed by atoms with van der Waals surface area (Å²) >= 11 is 3.42. The molecule has 0 radical (unpaired) electrons. The Hall–Kier alpha value is -1.44. The van der Waals surface area contributed by atoms with E-state index in [1.54, 1.807) is 0 Å². The number of ether oxygens (including phenoxy) is 1. The first-order chi connectivity index (χ1) is 10.6. The molecule has 2 N–H and O–H groups in total. The van der Waals surface area contributed by atoms with Gasteiger partial charge in [-0.3, -0.25) is 15.0 Å². The van der Waals surface area contributed by atoms with Crippen LogP contribution in [0.5, 0.6) is 0 Å². The van der Waals surface area contributed by atoms with Crippen molar-refractivity contribution in [2.45, 2.75) is 12.5 Å². The van der Waals surface area contributed by atoms with E-state index in [-0.39, 0.29) is 12.0 Å². The Morgan fingerprint density at radius 3 is 2.77 bits per heavy atom. The molecule has 0 unspecified atom stereocenters. The molecule has 1 saturated heterocycles. The first-order valence-electron chi connectivity index (χ1n) is 7.19. The van der Waals surface area contributed by atoms with Crippen LogP contribution in [-0.2, 0) is 9.53 Å². The predicted octanol–water partition coefficient (Wildman–Crippen LogP) is 1.67. The van der Waals surface area contributed by atoms with Gasteiger partial charge in [0.05, 0.1) is 12.7 Å². The summed E-state index contributed by atoms with van der Waals surface area (Å²) in [5.41, 5.74) is 1.13. The smallest absolute Gasteiger partial charge is 0.321 e. The predicted molar refractivity (Wildman–Crippen MR) is 86.5 cm³/mol. The Bertz CT molecular complexity index is 521. The van der Waals surface area contributed by atoms with Crippen molar-refractivity contribution >= 4 is 27.9 Å². The van der Waals surface area contributed by atoms with E-state index < -0.39 is 6.03 Å². The molecule has 0 saturated carbocycles. The number of rotatable bonds is 4. The minimum atomic E-state index is -0.472. The topological polar surface area (TPSA) is 70.7 Å². The zero-order chi connectivity index (χ0) is 15.9. The molecule has 0 spiro atoms. The van der Waals surface area contributed by atoms with Gasteiger partial charge in [-0.05, 0) is 17.7 Å². The third kappa shape index (κ3) is 5.08. The number of carbonyl (C=O) groups excluding carboxylic acids is 2. The number of amides is 3. The standard InChI is InChI=1S/C15H20BrN3O3/c1-17-15(21)18-14(20)6-7-19-8-9-22-13(10-19)11-2-4-12(16)5-3-11/h2-5,13H,6-10H2,1H3,(H2,17,18,20,21)/t13-/m0/s1. The number of benzene rings is 1. The number of urea groups is 1. The highest BCUT2D eigenvalue weighted by Crippen LogP contribution is 2.23. The van der Waals surface area contributed by atoms with Gasteiger partial charge in [0.1, 0.15) is 0 Å². The van der Waals surface area contributed by atoms with Crippen molar-refractivity contribution in [2.24, 2.45) is 0 Å². The van der Waals surface area contributed by atoms with Crippen molar-refractivity contribution in [3.05, 3.63) is 34.3 Å². The van der Waals surface area contributed by atoms with Gasteiger partial charge in [0.15, 0.2) is 0 Å². The molecule has 1 aliphatic heterocycles. The lowest BCUT2D eigenvalue weighted by atomic mass is 10.1. The zero-order valence-corrected chi connectivity index (χ0v) is 14.1. The molecule has 22 heavy (non-hydrogen) atoms. The maximum absolute atomic E-state index is 11.6. The van der Waals surface area contributed by atoms with Crippen LogP contribution in [0.3, 0.4) is 0 Å². The molecule has 1 aromatic carbocycles. The molecule has 3 amide bonds. The highest BCUT2D eigenvalue weighted by molar-refractivity contribution is 9.10. The van der Waals surface area contributed by atoms with Gasteiger partial charge >= 0.3 is 6.03 Å². The van der Waals surface area contributed by atoms with Crippen LogP contribution in [0.1, 0.15) is 18.1 Å². The van der Waals surface area contributed by atoms with Crippen molar-refractivity contribution in [2.75, 3.05) is 33.3 Å². The van der Waals surface area contributed by atoms with Gasteiger partial charge < -0.3 is 10.1 Å². The second-order valence-electron chi connectivity index (χ2n) is 5.09. The Morgan fingerprint density at radius 2 is 2.09 bits per heavy atom. The second kappa shape index (κ2) is 8.26. The van der Waals surface area contributed by atoms with Crippen molar-refractivity contribution in [1.29, 1.82) is 0 Å². The van der Waals surface area contributed by atoms with Crippen LogP contribution in [0.2, 0.25) is 0 Å². The molecule has 2 rings (SSSR count). The van der Waals surface area contributed by atoms with Crippen molar-refractivity contribution < 1.29 is 14.3 Å². The van der Waals surface area contributed by atoms with Crippen LogP contribution >= 0.6 is 15.9 Å². The second-order valence-corrected chi connectivity index (χ2v) is 6.00. The molecule has 1 atom stereocenters. The molecular weight excluding hydrogens is 350 g/mol. The van der Waals surface area contributed by atoms with Gasteiger partial charge in [-0.1, -0.05) is 28.1 Å². The van der Waals surface area contributed by atoms with Crippen LogP contribution in [0, 0.1) is 0 Å². The van der Waals surface area contributed by atoms with Crippen molar-refractivity contribution in [1.82, 2.24) is 15.5 Å².